The topological polar surface area (TPSA) is 73.9 Å². The lowest BCUT2D eigenvalue weighted by Crippen LogP contribution is -2.15. The molecular weight excluding hydrogens is 368 g/mol. The quantitative estimate of drug-likeness (QED) is 0.707. The predicted molar refractivity (Wildman–Crippen MR) is 92.7 cm³/mol. The van der Waals surface area contributed by atoms with Gasteiger partial charge in [0.25, 0.3) is 10.0 Å². The molecule has 142 valence electrons. The molecule has 0 amide bonds. The highest BCUT2D eigenvalue weighted by Crippen LogP contribution is 2.32. The SMILES string of the molecule is CCOc1ccc(S(=O)(=O)Nc2ccccc2OC(F)F)cc1OCC. The Labute approximate surface area is 150 Å². The van der Waals surface area contributed by atoms with Crippen molar-refractivity contribution in [1.29, 1.82) is 0 Å². The van der Waals surface area contributed by atoms with Crippen molar-refractivity contribution in [1.82, 2.24) is 0 Å². The van der Waals surface area contributed by atoms with Gasteiger partial charge in [-0.1, -0.05) is 12.1 Å². The van der Waals surface area contributed by atoms with E-state index in [-0.39, 0.29) is 22.1 Å². The number of halogens is 2. The lowest BCUT2D eigenvalue weighted by molar-refractivity contribution is -0.0493. The van der Waals surface area contributed by atoms with Crippen LogP contribution in [0.25, 0.3) is 0 Å². The van der Waals surface area contributed by atoms with E-state index in [2.05, 4.69) is 9.46 Å². The molecule has 0 aliphatic rings. The molecule has 2 aromatic rings. The second kappa shape index (κ2) is 8.70. The molecule has 0 radical (unpaired) electrons. The summed E-state index contributed by atoms with van der Waals surface area (Å²) in [6.45, 7) is 1.19. The van der Waals surface area contributed by atoms with Gasteiger partial charge in [0.15, 0.2) is 11.5 Å². The molecule has 0 aromatic heterocycles. The first-order valence-corrected chi connectivity index (χ1v) is 9.32. The highest BCUT2D eigenvalue weighted by molar-refractivity contribution is 7.92. The molecule has 26 heavy (non-hydrogen) atoms. The zero-order valence-corrected chi connectivity index (χ0v) is 15.1. The summed E-state index contributed by atoms with van der Waals surface area (Å²) in [5.74, 6) is 0.408. The number of sulfonamides is 1. The van der Waals surface area contributed by atoms with E-state index >= 15 is 0 Å². The van der Waals surface area contributed by atoms with E-state index in [1.165, 1.54) is 42.5 Å². The molecule has 6 nitrogen and oxygen atoms in total. The number of hydrogen-bond acceptors (Lipinski definition) is 5. The van der Waals surface area contributed by atoms with E-state index in [0.717, 1.165) is 0 Å². The summed E-state index contributed by atoms with van der Waals surface area (Å²) in [4.78, 5) is -0.101. The Balaban J connectivity index is 2.35. The van der Waals surface area contributed by atoms with Gasteiger partial charge in [0.2, 0.25) is 0 Å². The van der Waals surface area contributed by atoms with Crippen LogP contribution in [0.4, 0.5) is 14.5 Å². The highest BCUT2D eigenvalue weighted by Gasteiger charge is 2.20. The largest absolute Gasteiger partial charge is 0.490 e. The third-order valence-electron chi connectivity index (χ3n) is 3.17. The normalized spacial score (nSPS) is 11.3. The van der Waals surface area contributed by atoms with E-state index in [0.29, 0.717) is 19.0 Å². The smallest absolute Gasteiger partial charge is 0.387 e. The lowest BCUT2D eigenvalue weighted by atomic mass is 10.3. The maximum Gasteiger partial charge on any atom is 0.387 e. The van der Waals surface area contributed by atoms with Crippen LogP contribution in [0.2, 0.25) is 0 Å². The average Bonchev–Trinajstić information content (AvgIpc) is 2.58. The minimum Gasteiger partial charge on any atom is -0.490 e. The highest BCUT2D eigenvalue weighted by atomic mass is 32.2. The summed E-state index contributed by atoms with van der Waals surface area (Å²) in [6.07, 6.45) is 0. The molecule has 0 saturated carbocycles. The summed E-state index contributed by atoms with van der Waals surface area (Å²) >= 11 is 0. The molecule has 9 heteroatoms. The number of ether oxygens (including phenoxy) is 3. The van der Waals surface area contributed by atoms with E-state index in [4.69, 9.17) is 9.47 Å². The molecule has 0 saturated heterocycles. The summed E-state index contributed by atoms with van der Waals surface area (Å²) < 4.78 is 67.6. The molecule has 0 bridgehead atoms. The van der Waals surface area contributed by atoms with E-state index in [1.54, 1.807) is 13.8 Å². The molecule has 2 rings (SSSR count). The molecular formula is C17H19F2NO5S. The fraction of sp³-hybridized carbons (Fsp3) is 0.294. The summed E-state index contributed by atoms with van der Waals surface area (Å²) in [5.41, 5.74) is -0.0976. The van der Waals surface area contributed by atoms with Crippen molar-refractivity contribution < 1.29 is 31.4 Å². The van der Waals surface area contributed by atoms with Crippen molar-refractivity contribution in [3.05, 3.63) is 42.5 Å². The van der Waals surface area contributed by atoms with Crippen molar-refractivity contribution in [3.8, 4) is 17.2 Å². The Hall–Kier alpha value is -2.55. The van der Waals surface area contributed by atoms with Crippen LogP contribution in [0.3, 0.4) is 0 Å². The number of hydrogen-bond donors (Lipinski definition) is 1. The van der Waals surface area contributed by atoms with E-state index in [9.17, 15) is 17.2 Å². The summed E-state index contributed by atoms with van der Waals surface area (Å²) in [6, 6.07) is 9.66. The van der Waals surface area contributed by atoms with Gasteiger partial charge >= 0.3 is 6.61 Å². The van der Waals surface area contributed by atoms with Crippen LogP contribution >= 0.6 is 0 Å². The van der Waals surface area contributed by atoms with Crippen LogP contribution in [-0.2, 0) is 10.0 Å². The second-order valence-corrected chi connectivity index (χ2v) is 6.64. The number of anilines is 1. The van der Waals surface area contributed by atoms with Crippen molar-refractivity contribution in [2.45, 2.75) is 25.4 Å². The van der Waals surface area contributed by atoms with Gasteiger partial charge in [-0.25, -0.2) is 8.42 Å². The molecule has 0 atom stereocenters. The van der Waals surface area contributed by atoms with Crippen molar-refractivity contribution in [3.63, 3.8) is 0 Å². The van der Waals surface area contributed by atoms with Crippen LogP contribution < -0.4 is 18.9 Å². The van der Waals surface area contributed by atoms with Gasteiger partial charge in [-0.3, -0.25) is 4.72 Å². The number of rotatable bonds is 9. The molecule has 2 aromatic carbocycles. The van der Waals surface area contributed by atoms with Crippen molar-refractivity contribution in [2.24, 2.45) is 0 Å². The fourth-order valence-electron chi connectivity index (χ4n) is 2.15. The van der Waals surface area contributed by atoms with Crippen LogP contribution in [-0.4, -0.2) is 28.2 Å². The maximum absolute atomic E-state index is 12.6. The van der Waals surface area contributed by atoms with Crippen LogP contribution in [0.5, 0.6) is 17.2 Å². The van der Waals surface area contributed by atoms with Gasteiger partial charge in [0.1, 0.15) is 5.75 Å². The fourth-order valence-corrected chi connectivity index (χ4v) is 3.24. The zero-order chi connectivity index (χ0) is 19.2. The van der Waals surface area contributed by atoms with Crippen molar-refractivity contribution in [2.75, 3.05) is 17.9 Å². The van der Waals surface area contributed by atoms with Crippen LogP contribution in [0, 0.1) is 0 Å². The summed E-state index contributed by atoms with van der Waals surface area (Å²) in [7, 11) is -4.05. The lowest BCUT2D eigenvalue weighted by Gasteiger charge is -2.15. The summed E-state index contributed by atoms with van der Waals surface area (Å²) in [5, 5.41) is 0. The molecule has 1 N–H and O–H groups in total. The van der Waals surface area contributed by atoms with Gasteiger partial charge in [-0.2, -0.15) is 8.78 Å². The molecule has 0 heterocycles. The van der Waals surface area contributed by atoms with E-state index in [1.807, 2.05) is 0 Å². The van der Waals surface area contributed by atoms with Gasteiger partial charge < -0.3 is 14.2 Å². The molecule has 0 aliphatic heterocycles. The average molecular weight is 387 g/mol. The minimum absolute atomic E-state index is 0.0976. The predicted octanol–water partition coefficient (Wildman–Crippen LogP) is 3.89. The molecule has 0 fully saturated rings. The molecule has 0 spiro atoms. The minimum atomic E-state index is -4.05. The Bertz CT molecular complexity index is 843. The van der Waals surface area contributed by atoms with Gasteiger partial charge in [0, 0.05) is 6.07 Å². The standard InChI is InChI=1S/C17H19F2NO5S/c1-3-23-15-10-9-12(11-16(15)24-4-2)26(21,22)20-13-7-5-6-8-14(13)25-17(18)19/h5-11,17,20H,3-4H2,1-2H3. The number of alkyl halides is 2. The third-order valence-corrected chi connectivity index (χ3v) is 4.54. The van der Waals surface area contributed by atoms with Crippen molar-refractivity contribution >= 4 is 15.7 Å². The van der Waals surface area contributed by atoms with E-state index < -0.39 is 16.6 Å². The van der Waals surface area contributed by atoms with Crippen LogP contribution in [0.1, 0.15) is 13.8 Å². The Kier molecular flexibility index (Phi) is 6.62. The second-order valence-electron chi connectivity index (χ2n) is 4.95. The Morgan fingerprint density at radius 1 is 0.962 bits per heavy atom. The monoisotopic (exact) mass is 387 g/mol. The number of benzene rings is 2. The van der Waals surface area contributed by atoms with Crippen LogP contribution in [0.15, 0.2) is 47.4 Å². The molecule has 0 unspecified atom stereocenters. The Morgan fingerprint density at radius 2 is 1.62 bits per heavy atom. The van der Waals surface area contributed by atoms with Gasteiger partial charge in [-0.15, -0.1) is 0 Å². The zero-order valence-electron chi connectivity index (χ0n) is 14.2. The number of nitrogens with one attached hydrogen (secondary N) is 1. The first-order valence-electron chi connectivity index (χ1n) is 7.83. The van der Waals surface area contributed by atoms with Gasteiger partial charge in [0.05, 0.1) is 23.8 Å². The first kappa shape index (κ1) is 19.8. The first-order chi connectivity index (χ1) is 12.4. The Morgan fingerprint density at radius 3 is 2.27 bits per heavy atom. The maximum atomic E-state index is 12.6. The van der Waals surface area contributed by atoms with Gasteiger partial charge in [-0.05, 0) is 38.1 Å². The molecule has 0 aliphatic carbocycles. The third kappa shape index (κ3) is 4.98. The number of para-hydroxylation sites is 2.